The Hall–Kier alpha value is -2.01. The summed E-state index contributed by atoms with van der Waals surface area (Å²) in [7, 11) is -3.68. The molecule has 226 valence electrons. The zero-order valence-electron chi connectivity index (χ0n) is 24.5. The Morgan fingerprint density at radius 2 is 1.52 bits per heavy atom. The van der Waals surface area contributed by atoms with Crippen LogP contribution in [-0.2, 0) is 10.0 Å². The molecule has 0 radical (unpaired) electrons. The number of hydrogen-bond donors (Lipinski definition) is 2. The van der Waals surface area contributed by atoms with Gasteiger partial charge in [-0.25, -0.2) is 17.5 Å². The standard InChI is InChI=1S/C30H46FN3O4S.BrH/c1-5-9-11-13-23-38-29-24-25(31)14-19-28(29)30(35)33-26-15-17-27(18-16-26)39(36,37)32-20-22-34(7-3,8-4)21-12-10-6-2;/h14-19,24,32H,5-13,20-23H2,1-4H3;1H. The van der Waals surface area contributed by atoms with Crippen molar-refractivity contribution in [2.45, 2.75) is 77.5 Å². The van der Waals surface area contributed by atoms with Crippen LogP contribution in [0, 0.1) is 5.82 Å². The van der Waals surface area contributed by atoms with Crippen molar-refractivity contribution in [2.75, 3.05) is 44.6 Å². The molecule has 0 unspecified atom stereocenters. The van der Waals surface area contributed by atoms with Crippen molar-refractivity contribution in [1.29, 1.82) is 0 Å². The number of sulfonamides is 1. The number of rotatable bonds is 19. The van der Waals surface area contributed by atoms with Gasteiger partial charge in [0, 0.05) is 11.8 Å². The fourth-order valence-electron chi connectivity index (χ4n) is 4.60. The van der Waals surface area contributed by atoms with Crippen LogP contribution in [0.4, 0.5) is 10.1 Å². The van der Waals surface area contributed by atoms with Crippen LogP contribution in [-0.4, -0.2) is 58.1 Å². The van der Waals surface area contributed by atoms with E-state index < -0.39 is 21.7 Å². The summed E-state index contributed by atoms with van der Waals surface area (Å²) >= 11 is 0. The van der Waals surface area contributed by atoms with Crippen molar-refractivity contribution < 1.29 is 43.8 Å². The number of ether oxygens (including phenoxy) is 1. The van der Waals surface area contributed by atoms with Gasteiger partial charge in [0.15, 0.2) is 0 Å². The van der Waals surface area contributed by atoms with Gasteiger partial charge in [-0.2, -0.15) is 0 Å². The maximum atomic E-state index is 13.8. The van der Waals surface area contributed by atoms with Crippen molar-refractivity contribution in [1.82, 2.24) is 4.72 Å². The summed E-state index contributed by atoms with van der Waals surface area (Å²) in [4.78, 5) is 13.0. The van der Waals surface area contributed by atoms with Crippen LogP contribution in [0.3, 0.4) is 0 Å². The van der Waals surface area contributed by atoms with Gasteiger partial charge in [-0.3, -0.25) is 4.79 Å². The van der Waals surface area contributed by atoms with Crippen LogP contribution in [0.1, 0.15) is 83.0 Å². The van der Waals surface area contributed by atoms with Gasteiger partial charge in [-0.05, 0) is 69.5 Å². The number of quaternary nitrogens is 1. The van der Waals surface area contributed by atoms with Gasteiger partial charge in [0.05, 0.1) is 49.8 Å². The van der Waals surface area contributed by atoms with E-state index in [0.717, 1.165) is 69.2 Å². The number of nitrogens with zero attached hydrogens (tertiary/aromatic N) is 1. The van der Waals surface area contributed by atoms with E-state index in [1.54, 1.807) is 12.1 Å². The van der Waals surface area contributed by atoms with Crippen LogP contribution in [0.15, 0.2) is 47.4 Å². The van der Waals surface area contributed by atoms with Gasteiger partial charge >= 0.3 is 0 Å². The molecule has 0 aliphatic heterocycles. The molecule has 0 bridgehead atoms. The van der Waals surface area contributed by atoms with Crippen molar-refractivity contribution in [3.8, 4) is 5.75 Å². The number of nitrogens with one attached hydrogen (secondary N) is 2. The first kappa shape index (κ1) is 36.0. The molecule has 0 aliphatic rings. The minimum absolute atomic E-state index is 0. The van der Waals surface area contributed by atoms with Crippen LogP contribution in [0.2, 0.25) is 0 Å². The van der Waals surface area contributed by atoms with E-state index in [1.807, 2.05) is 0 Å². The van der Waals surface area contributed by atoms with E-state index in [1.165, 1.54) is 36.8 Å². The van der Waals surface area contributed by atoms with E-state index in [0.29, 0.717) is 18.8 Å². The summed E-state index contributed by atoms with van der Waals surface area (Å²) in [6, 6.07) is 9.85. The van der Waals surface area contributed by atoms with Crippen LogP contribution in [0.25, 0.3) is 0 Å². The third kappa shape index (κ3) is 11.5. The Morgan fingerprint density at radius 3 is 2.15 bits per heavy atom. The van der Waals surface area contributed by atoms with Crippen molar-refractivity contribution in [3.05, 3.63) is 53.8 Å². The molecule has 2 N–H and O–H groups in total. The number of benzene rings is 2. The normalized spacial score (nSPS) is 11.6. The molecule has 0 atom stereocenters. The van der Waals surface area contributed by atoms with Gasteiger partial charge < -0.3 is 31.5 Å². The molecule has 40 heavy (non-hydrogen) atoms. The molecule has 0 saturated heterocycles. The molecule has 1 amide bonds. The number of likely N-dealkylation sites (N-methyl/N-ethyl adjacent to an activating group) is 1. The summed E-state index contributed by atoms with van der Waals surface area (Å²) in [5, 5.41) is 2.75. The minimum Gasteiger partial charge on any atom is -1.00 e. The van der Waals surface area contributed by atoms with Crippen LogP contribution >= 0.6 is 0 Å². The monoisotopic (exact) mass is 643 g/mol. The Kier molecular flexibility index (Phi) is 16.6. The highest BCUT2D eigenvalue weighted by Crippen LogP contribution is 2.23. The SMILES string of the molecule is CCCCCCOc1cc(F)ccc1C(=O)Nc1ccc(S(=O)(=O)NCC[N+](CC)(CC)CCCCC)cc1.[Br-]. The molecule has 0 aliphatic carbocycles. The first-order chi connectivity index (χ1) is 18.7. The van der Waals surface area contributed by atoms with E-state index in [2.05, 4.69) is 37.7 Å². The fourth-order valence-corrected chi connectivity index (χ4v) is 5.62. The van der Waals surface area contributed by atoms with Crippen molar-refractivity contribution in [3.63, 3.8) is 0 Å². The van der Waals surface area contributed by atoms with E-state index in [4.69, 9.17) is 4.74 Å². The summed E-state index contributed by atoms with van der Waals surface area (Å²) in [6.07, 6.45) is 7.51. The average molecular weight is 645 g/mol. The second kappa shape index (κ2) is 18.4. The number of hydrogen-bond acceptors (Lipinski definition) is 4. The maximum Gasteiger partial charge on any atom is 0.259 e. The van der Waals surface area contributed by atoms with E-state index >= 15 is 0 Å². The van der Waals surface area contributed by atoms with Crippen LogP contribution in [0.5, 0.6) is 5.75 Å². The third-order valence-electron chi connectivity index (χ3n) is 7.32. The quantitative estimate of drug-likeness (QED) is 0.182. The lowest BCUT2D eigenvalue weighted by Crippen LogP contribution is -3.00. The number of unbranched alkanes of at least 4 members (excludes halogenated alkanes) is 5. The molecular formula is C30H47BrFN3O4S. The number of amides is 1. The van der Waals surface area contributed by atoms with Gasteiger partial charge in [0.25, 0.3) is 5.91 Å². The lowest BCUT2D eigenvalue weighted by molar-refractivity contribution is -0.924. The second-order valence-corrected chi connectivity index (χ2v) is 11.8. The fraction of sp³-hybridized carbons (Fsp3) is 0.567. The largest absolute Gasteiger partial charge is 1.00 e. The van der Waals surface area contributed by atoms with Gasteiger partial charge in [-0.15, -0.1) is 0 Å². The van der Waals surface area contributed by atoms with Gasteiger partial charge in [0.1, 0.15) is 11.6 Å². The summed E-state index contributed by atoms with van der Waals surface area (Å²) in [6.45, 7) is 13.1. The molecule has 10 heteroatoms. The molecule has 2 aromatic rings. The average Bonchev–Trinajstić information content (AvgIpc) is 2.92. The highest BCUT2D eigenvalue weighted by molar-refractivity contribution is 7.89. The second-order valence-electron chi connectivity index (χ2n) is 10.1. The number of carbonyl (C=O) groups is 1. The Bertz CT molecular complexity index is 1130. The van der Waals surface area contributed by atoms with E-state index in [-0.39, 0.29) is 33.2 Å². The Labute approximate surface area is 251 Å². The van der Waals surface area contributed by atoms with E-state index in [9.17, 15) is 17.6 Å². The molecule has 0 saturated carbocycles. The highest BCUT2D eigenvalue weighted by atomic mass is 79.9. The zero-order chi connectivity index (χ0) is 28.7. The molecule has 0 aromatic heterocycles. The smallest absolute Gasteiger partial charge is 0.259 e. The summed E-state index contributed by atoms with van der Waals surface area (Å²) in [5.41, 5.74) is 0.651. The lowest BCUT2D eigenvalue weighted by atomic mass is 10.1. The topological polar surface area (TPSA) is 84.5 Å². The minimum atomic E-state index is -3.68. The van der Waals surface area contributed by atoms with Crippen LogP contribution < -0.4 is 31.8 Å². The Morgan fingerprint density at radius 1 is 0.875 bits per heavy atom. The first-order valence-corrected chi connectivity index (χ1v) is 15.9. The molecule has 0 spiro atoms. The third-order valence-corrected chi connectivity index (χ3v) is 8.80. The van der Waals surface area contributed by atoms with Crippen molar-refractivity contribution in [2.24, 2.45) is 0 Å². The van der Waals surface area contributed by atoms with Crippen molar-refractivity contribution >= 4 is 21.6 Å². The number of carbonyl (C=O) groups excluding carboxylic acids is 1. The number of halogens is 2. The Balaban J connectivity index is 0.00000800. The molecular weight excluding hydrogens is 597 g/mol. The first-order valence-electron chi connectivity index (χ1n) is 14.4. The predicted octanol–water partition coefficient (Wildman–Crippen LogP) is 3.37. The van der Waals surface area contributed by atoms with Gasteiger partial charge in [0.2, 0.25) is 10.0 Å². The summed E-state index contributed by atoms with van der Waals surface area (Å²) in [5.74, 6) is -0.744. The molecule has 0 fully saturated rings. The predicted molar refractivity (Wildman–Crippen MR) is 156 cm³/mol. The highest BCUT2D eigenvalue weighted by Gasteiger charge is 2.24. The lowest BCUT2D eigenvalue weighted by Gasteiger charge is -2.37. The molecule has 2 rings (SSSR count). The summed E-state index contributed by atoms with van der Waals surface area (Å²) < 4.78 is 48.9. The molecule has 2 aromatic carbocycles. The number of anilines is 1. The molecule has 7 nitrogen and oxygen atoms in total. The maximum absolute atomic E-state index is 13.8. The van der Waals surface area contributed by atoms with Gasteiger partial charge in [-0.1, -0.05) is 39.5 Å². The zero-order valence-corrected chi connectivity index (χ0v) is 26.9. The molecule has 0 heterocycles.